The summed E-state index contributed by atoms with van der Waals surface area (Å²) in [4.78, 5) is 23.9. The van der Waals surface area contributed by atoms with Crippen LogP contribution in [0.5, 0.6) is 0 Å². The van der Waals surface area contributed by atoms with Gasteiger partial charge < -0.3 is 9.84 Å². The first kappa shape index (κ1) is 6.19. The Hall–Kier alpha value is -0.930. The lowest BCUT2D eigenvalue weighted by Crippen LogP contribution is -2.36. The largest absolute Gasteiger partial charge is 0.321 e. The van der Waals surface area contributed by atoms with Crippen molar-refractivity contribution in [2.24, 2.45) is 0 Å². The molecule has 1 saturated heterocycles. The minimum atomic E-state index is -0.137. The number of carbonyl (C=O) groups excluding carboxylic acids is 2. The van der Waals surface area contributed by atoms with E-state index in [1.165, 1.54) is 9.84 Å². The number of rotatable bonds is 0. The van der Waals surface area contributed by atoms with Gasteiger partial charge in [-0.25, -0.2) is 0 Å². The van der Waals surface area contributed by atoms with Gasteiger partial charge in [0.2, 0.25) is 27.8 Å². The number of hydrogen-bond acceptors (Lipinski definition) is 2. The van der Waals surface area contributed by atoms with Gasteiger partial charge >= 0.3 is 0 Å². The van der Waals surface area contributed by atoms with Crippen LogP contribution in [0.4, 0.5) is 0 Å². The van der Waals surface area contributed by atoms with Crippen LogP contribution in [0, 0.1) is 0 Å². The molecule has 0 aromatic heterocycles. The van der Waals surface area contributed by atoms with E-state index >= 15 is 0 Å². The zero-order valence-electron chi connectivity index (χ0n) is 5.42. The third kappa shape index (κ3) is 0.800. The van der Waals surface area contributed by atoms with Crippen LogP contribution in [-0.2, 0) is 9.59 Å². The predicted molar refractivity (Wildman–Crippen MR) is 35.4 cm³/mol. The number of amides is 2. The fourth-order valence-electron chi connectivity index (χ4n) is 0.693. The maximum atomic E-state index is 10.7. The zero-order valence-corrected chi connectivity index (χ0v) is 5.42. The lowest BCUT2D eigenvalue weighted by molar-refractivity contribution is -0.129. The van der Waals surface area contributed by atoms with E-state index in [4.69, 9.17) is 0 Å². The van der Waals surface area contributed by atoms with Crippen molar-refractivity contribution in [3.8, 4) is 0 Å². The highest BCUT2D eigenvalue weighted by molar-refractivity contribution is 6.28. The maximum Gasteiger partial charge on any atom is 0.249 e. The van der Waals surface area contributed by atoms with Crippen molar-refractivity contribution >= 4 is 27.8 Å². The minimum absolute atomic E-state index is 0.0208. The quantitative estimate of drug-likeness (QED) is 0.256. The molecule has 0 N–H and O–H groups in total. The molecule has 0 saturated carbocycles. The zero-order chi connectivity index (χ0) is 7.02. The average molecular weight is 124 g/mol. The summed E-state index contributed by atoms with van der Waals surface area (Å²) < 4.78 is 0. The molecular formula is C3H6B2N2O2. The van der Waals surface area contributed by atoms with E-state index in [2.05, 4.69) is 0 Å². The Labute approximate surface area is 54.6 Å². The Morgan fingerprint density at radius 2 is 1.44 bits per heavy atom. The van der Waals surface area contributed by atoms with Gasteiger partial charge in [-0.15, -0.1) is 0 Å². The second kappa shape index (κ2) is 1.79. The standard InChI is InChI=1S/C3H6B2N2O2/c4-6-2(8)1-3(9)7(6)5/h1,4-5H2. The Balaban J connectivity index is 2.77. The number of nitrogens with zero attached hydrogens (tertiary/aromatic N) is 2. The lowest BCUT2D eigenvalue weighted by Gasteiger charge is -2.19. The lowest BCUT2D eigenvalue weighted by atomic mass is 10.3. The molecule has 0 bridgehead atoms. The van der Waals surface area contributed by atoms with Gasteiger partial charge in [-0.05, 0) is 0 Å². The molecule has 4 nitrogen and oxygen atoms in total. The molecular weight excluding hydrogens is 118 g/mol. The minimum Gasteiger partial charge on any atom is -0.321 e. The van der Waals surface area contributed by atoms with Crippen molar-refractivity contribution in [1.82, 2.24) is 9.84 Å². The molecule has 6 heteroatoms. The fraction of sp³-hybridized carbons (Fsp3) is 0.333. The van der Waals surface area contributed by atoms with Gasteiger partial charge in [0.15, 0.2) is 0 Å². The molecule has 1 rings (SSSR count). The van der Waals surface area contributed by atoms with Crippen molar-refractivity contribution < 1.29 is 9.59 Å². The third-order valence-electron chi connectivity index (χ3n) is 1.47. The van der Waals surface area contributed by atoms with Gasteiger partial charge in [-0.2, -0.15) is 0 Å². The summed E-state index contributed by atoms with van der Waals surface area (Å²) in [5, 5.41) is 0. The Morgan fingerprint density at radius 1 is 1.11 bits per heavy atom. The first-order valence-corrected chi connectivity index (χ1v) is 2.66. The number of hydrogen-bond donors (Lipinski definition) is 0. The van der Waals surface area contributed by atoms with E-state index in [0.717, 1.165) is 0 Å². The molecule has 1 heterocycles. The van der Waals surface area contributed by atoms with Crippen LogP contribution >= 0.6 is 0 Å². The molecule has 0 spiro atoms. The molecule has 1 fully saturated rings. The molecule has 2 amide bonds. The normalized spacial score (nSPS) is 19.6. The van der Waals surface area contributed by atoms with E-state index in [0.29, 0.717) is 0 Å². The highest BCUT2D eigenvalue weighted by atomic mass is 16.2. The predicted octanol–water partition coefficient (Wildman–Crippen LogP) is -2.94. The van der Waals surface area contributed by atoms with Crippen LogP contribution in [0.2, 0.25) is 0 Å². The van der Waals surface area contributed by atoms with Crippen LogP contribution in [-0.4, -0.2) is 37.6 Å². The van der Waals surface area contributed by atoms with Crippen molar-refractivity contribution in [2.75, 3.05) is 0 Å². The Morgan fingerprint density at radius 3 is 1.56 bits per heavy atom. The van der Waals surface area contributed by atoms with Gasteiger partial charge in [0.1, 0.15) is 6.42 Å². The second-order valence-electron chi connectivity index (χ2n) is 2.01. The van der Waals surface area contributed by atoms with E-state index < -0.39 is 0 Å². The highest BCUT2D eigenvalue weighted by Crippen LogP contribution is 2.05. The Kier molecular flexibility index (Phi) is 1.23. The monoisotopic (exact) mass is 124 g/mol. The summed E-state index contributed by atoms with van der Waals surface area (Å²) in [6.07, 6.45) is 0.0208. The van der Waals surface area contributed by atoms with Crippen LogP contribution < -0.4 is 0 Å². The van der Waals surface area contributed by atoms with Crippen LogP contribution in [0.1, 0.15) is 6.42 Å². The SMILES string of the molecule is BN1C(=O)CC(=O)N1B. The molecule has 1 aliphatic rings. The van der Waals surface area contributed by atoms with Crippen molar-refractivity contribution in [3.05, 3.63) is 0 Å². The van der Waals surface area contributed by atoms with E-state index in [9.17, 15) is 9.59 Å². The van der Waals surface area contributed by atoms with Gasteiger partial charge in [0, 0.05) is 0 Å². The molecule has 0 aromatic carbocycles. The highest BCUT2D eigenvalue weighted by Gasteiger charge is 2.27. The van der Waals surface area contributed by atoms with E-state index in [1.807, 2.05) is 0 Å². The first-order chi connectivity index (χ1) is 4.13. The molecule has 0 aromatic rings. The first-order valence-electron chi connectivity index (χ1n) is 2.66. The molecule has 0 atom stereocenters. The summed E-state index contributed by atoms with van der Waals surface area (Å²) in [7, 11) is 3.15. The maximum absolute atomic E-state index is 10.7. The fourth-order valence-corrected chi connectivity index (χ4v) is 0.693. The number of hydrazine groups is 1. The molecule has 0 unspecified atom stereocenters. The average Bonchev–Trinajstić information content (AvgIpc) is 1.98. The van der Waals surface area contributed by atoms with Crippen molar-refractivity contribution in [2.45, 2.75) is 6.42 Å². The number of carbonyl (C=O) groups is 2. The summed E-state index contributed by atoms with van der Waals surface area (Å²) in [6.45, 7) is 0. The van der Waals surface area contributed by atoms with Crippen molar-refractivity contribution in [3.63, 3.8) is 0 Å². The topological polar surface area (TPSA) is 40.6 Å². The third-order valence-corrected chi connectivity index (χ3v) is 1.47. The molecule has 1 aliphatic heterocycles. The molecule has 9 heavy (non-hydrogen) atoms. The smallest absolute Gasteiger partial charge is 0.249 e. The van der Waals surface area contributed by atoms with Crippen LogP contribution in [0.3, 0.4) is 0 Å². The summed E-state index contributed by atoms with van der Waals surface area (Å²) >= 11 is 0. The second-order valence-corrected chi connectivity index (χ2v) is 2.01. The molecule has 0 radical (unpaired) electrons. The summed E-state index contributed by atoms with van der Waals surface area (Å²) in [6, 6.07) is 0. The van der Waals surface area contributed by atoms with E-state index in [-0.39, 0.29) is 18.2 Å². The van der Waals surface area contributed by atoms with Gasteiger partial charge in [-0.1, -0.05) is 0 Å². The van der Waals surface area contributed by atoms with Gasteiger partial charge in [0.25, 0.3) is 0 Å². The van der Waals surface area contributed by atoms with Gasteiger partial charge in [-0.3, -0.25) is 9.59 Å². The molecule has 0 aliphatic carbocycles. The van der Waals surface area contributed by atoms with Crippen molar-refractivity contribution in [1.29, 1.82) is 0 Å². The summed E-state index contributed by atoms with van der Waals surface area (Å²) in [5.41, 5.74) is 0. The Bertz CT molecular complexity index is 153. The van der Waals surface area contributed by atoms with Crippen LogP contribution in [0.15, 0.2) is 0 Å². The van der Waals surface area contributed by atoms with E-state index in [1.54, 1.807) is 16.0 Å². The molecule has 46 valence electrons. The summed E-state index contributed by atoms with van der Waals surface area (Å²) in [5.74, 6) is -0.273. The van der Waals surface area contributed by atoms with Gasteiger partial charge in [0.05, 0.1) is 0 Å². The van der Waals surface area contributed by atoms with Crippen LogP contribution in [0.25, 0.3) is 0 Å².